The summed E-state index contributed by atoms with van der Waals surface area (Å²) in [6.07, 6.45) is 4.24. The van der Waals surface area contributed by atoms with Crippen molar-refractivity contribution in [2.45, 2.75) is 52.5 Å². The molecular formula is C14H26N2O3. The summed E-state index contributed by atoms with van der Waals surface area (Å²) in [5.74, 6) is -0.936. The van der Waals surface area contributed by atoms with E-state index in [0.29, 0.717) is 18.5 Å². The van der Waals surface area contributed by atoms with Crippen LogP contribution in [-0.2, 0) is 14.3 Å². The molecule has 0 aromatic rings. The molecule has 1 atom stereocenters. The molecule has 1 fully saturated rings. The molecule has 0 spiro atoms. The summed E-state index contributed by atoms with van der Waals surface area (Å²) >= 11 is 0. The van der Waals surface area contributed by atoms with Crippen LogP contribution in [0.15, 0.2) is 0 Å². The highest BCUT2D eigenvalue weighted by molar-refractivity contribution is 6.01. The second-order valence-electron chi connectivity index (χ2n) is 5.26. The van der Waals surface area contributed by atoms with Gasteiger partial charge in [-0.1, -0.05) is 26.7 Å². The normalized spacial score (nSPS) is 19.9. The van der Waals surface area contributed by atoms with Crippen LogP contribution in [0.2, 0.25) is 0 Å². The monoisotopic (exact) mass is 270 g/mol. The van der Waals surface area contributed by atoms with E-state index in [2.05, 4.69) is 13.8 Å². The predicted molar refractivity (Wildman–Crippen MR) is 73.4 cm³/mol. The van der Waals surface area contributed by atoms with E-state index in [1.165, 1.54) is 0 Å². The number of nitrogens with two attached hydrogens (primary N) is 1. The van der Waals surface area contributed by atoms with Gasteiger partial charge >= 0.3 is 5.97 Å². The first-order valence-electron chi connectivity index (χ1n) is 7.20. The van der Waals surface area contributed by atoms with Gasteiger partial charge in [0.25, 0.3) is 5.91 Å². The van der Waals surface area contributed by atoms with Gasteiger partial charge in [0.2, 0.25) is 0 Å². The van der Waals surface area contributed by atoms with Crippen LogP contribution in [0.4, 0.5) is 0 Å². The van der Waals surface area contributed by atoms with Crippen LogP contribution in [0.3, 0.4) is 0 Å². The number of ether oxygens (including phenoxy) is 1. The van der Waals surface area contributed by atoms with Crippen LogP contribution < -0.4 is 5.73 Å². The summed E-state index contributed by atoms with van der Waals surface area (Å²) in [5, 5.41) is 0. The fraction of sp³-hybridized carbons (Fsp3) is 0.857. The SMILES string of the molecule is CCOC(=O)C(N)C(=O)N1CCC(CC)(CC)CC1. The molecular weight excluding hydrogens is 244 g/mol. The van der Waals surface area contributed by atoms with Gasteiger partial charge in [0.1, 0.15) is 0 Å². The van der Waals surface area contributed by atoms with E-state index in [0.717, 1.165) is 25.7 Å². The standard InChI is InChI=1S/C14H26N2O3/c1-4-14(5-2)7-9-16(10-8-14)12(17)11(15)13(18)19-6-3/h11H,4-10,15H2,1-3H3. The quantitative estimate of drug-likeness (QED) is 0.604. The number of esters is 1. The van der Waals surface area contributed by atoms with Gasteiger partial charge in [-0.05, 0) is 25.2 Å². The molecule has 0 saturated carbocycles. The molecule has 1 rings (SSSR count). The molecule has 0 bridgehead atoms. The Kier molecular flexibility index (Phi) is 5.79. The van der Waals surface area contributed by atoms with Crippen LogP contribution in [0.25, 0.3) is 0 Å². The Labute approximate surface area is 115 Å². The average Bonchev–Trinajstić information content (AvgIpc) is 2.46. The number of carbonyl (C=O) groups is 2. The minimum absolute atomic E-state index is 0.245. The van der Waals surface area contributed by atoms with Gasteiger partial charge in [-0.25, -0.2) is 4.79 Å². The Balaban J connectivity index is 2.55. The highest BCUT2D eigenvalue weighted by Crippen LogP contribution is 2.37. The zero-order chi connectivity index (χ0) is 14.5. The minimum atomic E-state index is -1.17. The molecule has 0 radical (unpaired) electrons. The van der Waals surface area contributed by atoms with E-state index >= 15 is 0 Å². The van der Waals surface area contributed by atoms with Crippen molar-refractivity contribution >= 4 is 11.9 Å². The van der Waals surface area contributed by atoms with Crippen LogP contribution in [0, 0.1) is 5.41 Å². The first-order chi connectivity index (χ1) is 8.99. The molecule has 1 unspecified atom stereocenters. The Bertz CT molecular complexity index is 317. The molecule has 0 aliphatic carbocycles. The highest BCUT2D eigenvalue weighted by atomic mass is 16.5. The molecule has 1 heterocycles. The maximum atomic E-state index is 12.1. The Morgan fingerprint density at radius 3 is 2.16 bits per heavy atom. The van der Waals surface area contributed by atoms with E-state index < -0.39 is 12.0 Å². The molecule has 1 aliphatic heterocycles. The van der Waals surface area contributed by atoms with E-state index in [4.69, 9.17) is 10.5 Å². The minimum Gasteiger partial charge on any atom is -0.464 e. The molecule has 1 saturated heterocycles. The van der Waals surface area contributed by atoms with E-state index in [1.807, 2.05) is 0 Å². The lowest BCUT2D eigenvalue weighted by Crippen LogP contribution is -2.52. The third kappa shape index (κ3) is 3.69. The lowest BCUT2D eigenvalue weighted by Gasteiger charge is -2.41. The van der Waals surface area contributed by atoms with Crippen molar-refractivity contribution in [3.63, 3.8) is 0 Å². The Morgan fingerprint density at radius 1 is 1.21 bits per heavy atom. The van der Waals surface area contributed by atoms with Gasteiger partial charge in [-0.3, -0.25) is 4.79 Å². The van der Waals surface area contributed by atoms with E-state index in [1.54, 1.807) is 11.8 Å². The van der Waals surface area contributed by atoms with Crippen molar-refractivity contribution in [1.82, 2.24) is 4.90 Å². The summed E-state index contributed by atoms with van der Waals surface area (Å²) in [4.78, 5) is 25.3. The smallest absolute Gasteiger partial charge is 0.332 e. The Hall–Kier alpha value is -1.10. The fourth-order valence-electron chi connectivity index (χ4n) is 2.69. The second-order valence-corrected chi connectivity index (χ2v) is 5.26. The van der Waals surface area contributed by atoms with Crippen LogP contribution in [0.5, 0.6) is 0 Å². The predicted octanol–water partition coefficient (Wildman–Crippen LogP) is 1.31. The lowest BCUT2D eigenvalue weighted by molar-refractivity contribution is -0.151. The summed E-state index contributed by atoms with van der Waals surface area (Å²) < 4.78 is 4.79. The van der Waals surface area contributed by atoms with Gasteiger partial charge in [-0.15, -0.1) is 0 Å². The molecule has 0 aromatic heterocycles. The molecule has 1 amide bonds. The molecule has 2 N–H and O–H groups in total. The van der Waals surface area contributed by atoms with Crippen molar-refractivity contribution < 1.29 is 14.3 Å². The second kappa shape index (κ2) is 6.89. The van der Waals surface area contributed by atoms with Crippen molar-refractivity contribution in [3.8, 4) is 0 Å². The van der Waals surface area contributed by atoms with E-state index in [-0.39, 0.29) is 12.5 Å². The number of carbonyl (C=O) groups excluding carboxylic acids is 2. The van der Waals surface area contributed by atoms with Crippen LogP contribution in [-0.4, -0.2) is 42.5 Å². The maximum absolute atomic E-state index is 12.1. The van der Waals surface area contributed by atoms with Gasteiger partial charge in [0.15, 0.2) is 6.04 Å². The third-order valence-corrected chi connectivity index (χ3v) is 4.44. The van der Waals surface area contributed by atoms with Crippen LogP contribution >= 0.6 is 0 Å². The van der Waals surface area contributed by atoms with Gasteiger partial charge in [0, 0.05) is 13.1 Å². The lowest BCUT2D eigenvalue weighted by atomic mass is 9.74. The third-order valence-electron chi connectivity index (χ3n) is 4.44. The summed E-state index contributed by atoms with van der Waals surface area (Å²) in [5.41, 5.74) is 6.00. The Morgan fingerprint density at radius 2 is 1.74 bits per heavy atom. The summed E-state index contributed by atoms with van der Waals surface area (Å²) in [6.45, 7) is 7.72. The molecule has 0 aromatic carbocycles. The number of piperidine rings is 1. The molecule has 110 valence electrons. The number of hydrogen-bond acceptors (Lipinski definition) is 4. The molecule has 5 nitrogen and oxygen atoms in total. The van der Waals surface area contributed by atoms with Crippen molar-refractivity contribution in [2.24, 2.45) is 11.1 Å². The fourth-order valence-corrected chi connectivity index (χ4v) is 2.69. The van der Waals surface area contributed by atoms with Crippen molar-refractivity contribution in [1.29, 1.82) is 0 Å². The zero-order valence-electron chi connectivity index (χ0n) is 12.3. The number of amides is 1. The first-order valence-corrected chi connectivity index (χ1v) is 7.20. The molecule has 19 heavy (non-hydrogen) atoms. The number of nitrogens with zero attached hydrogens (tertiary/aromatic N) is 1. The summed E-state index contributed by atoms with van der Waals surface area (Å²) in [6, 6.07) is -1.17. The molecule has 5 heteroatoms. The summed E-state index contributed by atoms with van der Waals surface area (Å²) in [7, 11) is 0. The number of hydrogen-bond donors (Lipinski definition) is 1. The van der Waals surface area contributed by atoms with Crippen LogP contribution in [0.1, 0.15) is 46.5 Å². The number of likely N-dealkylation sites (tertiary alicyclic amines) is 1. The van der Waals surface area contributed by atoms with Gasteiger partial charge in [0.05, 0.1) is 6.61 Å². The largest absolute Gasteiger partial charge is 0.464 e. The van der Waals surface area contributed by atoms with Gasteiger partial charge in [-0.2, -0.15) is 0 Å². The van der Waals surface area contributed by atoms with Gasteiger partial charge < -0.3 is 15.4 Å². The average molecular weight is 270 g/mol. The first kappa shape index (κ1) is 16.0. The highest BCUT2D eigenvalue weighted by Gasteiger charge is 2.36. The zero-order valence-corrected chi connectivity index (χ0v) is 12.3. The number of rotatable bonds is 5. The van der Waals surface area contributed by atoms with Crippen molar-refractivity contribution in [3.05, 3.63) is 0 Å². The maximum Gasteiger partial charge on any atom is 0.332 e. The van der Waals surface area contributed by atoms with E-state index in [9.17, 15) is 9.59 Å². The molecule has 1 aliphatic rings. The topological polar surface area (TPSA) is 72.6 Å². The van der Waals surface area contributed by atoms with Crippen molar-refractivity contribution in [2.75, 3.05) is 19.7 Å².